The number of benzene rings is 2. The van der Waals surface area contributed by atoms with Crippen molar-refractivity contribution >= 4 is 11.8 Å². The lowest BCUT2D eigenvalue weighted by atomic mass is 9.97. The largest absolute Gasteiger partial charge is 0.375 e. The summed E-state index contributed by atoms with van der Waals surface area (Å²) in [7, 11) is 1.49. The molecule has 28 heavy (non-hydrogen) atoms. The summed E-state index contributed by atoms with van der Waals surface area (Å²) in [5.74, 6) is -0.195. The van der Waals surface area contributed by atoms with Crippen LogP contribution in [-0.2, 0) is 20.7 Å². The molecule has 0 aliphatic carbocycles. The van der Waals surface area contributed by atoms with Crippen molar-refractivity contribution in [2.24, 2.45) is 0 Å². The Morgan fingerprint density at radius 2 is 1.89 bits per heavy atom. The molecule has 0 bridgehead atoms. The van der Waals surface area contributed by atoms with Gasteiger partial charge < -0.3 is 14.5 Å². The van der Waals surface area contributed by atoms with E-state index in [4.69, 9.17) is 4.74 Å². The molecule has 2 amide bonds. The molecule has 146 valence electrons. The van der Waals surface area contributed by atoms with Crippen LogP contribution in [0.3, 0.4) is 0 Å². The number of ether oxygens (including phenoxy) is 1. The zero-order valence-corrected chi connectivity index (χ0v) is 16.2. The van der Waals surface area contributed by atoms with Crippen molar-refractivity contribution in [3.05, 3.63) is 72.8 Å². The normalized spacial score (nSPS) is 16.9. The van der Waals surface area contributed by atoms with E-state index in [1.54, 1.807) is 15.9 Å². The van der Waals surface area contributed by atoms with Gasteiger partial charge in [0, 0.05) is 33.2 Å². The molecule has 1 saturated heterocycles. The van der Waals surface area contributed by atoms with Gasteiger partial charge in [0.15, 0.2) is 0 Å². The smallest absolute Gasteiger partial charge is 0.249 e. The van der Waals surface area contributed by atoms with Gasteiger partial charge in [-0.15, -0.1) is 6.58 Å². The fraction of sp³-hybridized carbons (Fsp3) is 0.304. The number of amides is 2. The van der Waals surface area contributed by atoms with E-state index in [0.29, 0.717) is 26.1 Å². The second-order valence-electron chi connectivity index (χ2n) is 6.88. The summed E-state index contributed by atoms with van der Waals surface area (Å²) < 4.78 is 5.01. The SMILES string of the molecule is C=CCN1CCN(C(=O)COC)[C@@H](Cc2cccc(-c3ccccc3)c2)C1=O. The Morgan fingerprint density at radius 1 is 1.14 bits per heavy atom. The minimum absolute atomic E-state index is 0.0186. The number of carbonyl (C=O) groups is 2. The first-order chi connectivity index (χ1) is 13.6. The predicted molar refractivity (Wildman–Crippen MR) is 110 cm³/mol. The molecule has 2 aromatic carbocycles. The third-order valence-electron chi connectivity index (χ3n) is 4.98. The Labute approximate surface area is 166 Å². The maximum absolute atomic E-state index is 13.0. The highest BCUT2D eigenvalue weighted by atomic mass is 16.5. The molecule has 5 nitrogen and oxygen atoms in total. The number of piperazine rings is 1. The molecule has 0 unspecified atom stereocenters. The molecule has 5 heteroatoms. The molecule has 1 heterocycles. The van der Waals surface area contributed by atoms with E-state index in [1.165, 1.54) is 7.11 Å². The lowest BCUT2D eigenvalue weighted by Crippen LogP contribution is -2.60. The van der Waals surface area contributed by atoms with Gasteiger partial charge in [-0.05, 0) is 16.7 Å². The fourth-order valence-corrected chi connectivity index (χ4v) is 3.61. The van der Waals surface area contributed by atoms with E-state index in [0.717, 1.165) is 16.7 Å². The van der Waals surface area contributed by atoms with Gasteiger partial charge in [0.05, 0.1) is 0 Å². The quantitative estimate of drug-likeness (QED) is 0.696. The number of methoxy groups -OCH3 is 1. The van der Waals surface area contributed by atoms with Crippen LogP contribution in [0.15, 0.2) is 67.3 Å². The van der Waals surface area contributed by atoms with Crippen LogP contribution in [0.25, 0.3) is 11.1 Å². The third kappa shape index (κ3) is 4.49. The molecule has 1 atom stereocenters. The van der Waals surface area contributed by atoms with E-state index >= 15 is 0 Å². The van der Waals surface area contributed by atoms with Gasteiger partial charge in [0.25, 0.3) is 0 Å². The summed E-state index contributed by atoms with van der Waals surface area (Å²) in [5, 5.41) is 0. The highest BCUT2D eigenvalue weighted by Gasteiger charge is 2.36. The van der Waals surface area contributed by atoms with Crippen LogP contribution in [0.2, 0.25) is 0 Å². The summed E-state index contributed by atoms with van der Waals surface area (Å²) in [6.07, 6.45) is 2.19. The average molecular weight is 378 g/mol. The maximum atomic E-state index is 13.0. The number of carbonyl (C=O) groups excluding carboxylic acids is 2. The van der Waals surface area contributed by atoms with Crippen LogP contribution < -0.4 is 0 Å². The molecule has 3 rings (SSSR count). The van der Waals surface area contributed by atoms with Gasteiger partial charge >= 0.3 is 0 Å². The Balaban J connectivity index is 1.86. The van der Waals surface area contributed by atoms with E-state index in [-0.39, 0.29) is 18.4 Å². The number of hydrogen-bond donors (Lipinski definition) is 0. The first-order valence-electron chi connectivity index (χ1n) is 9.46. The van der Waals surface area contributed by atoms with Gasteiger partial charge in [-0.2, -0.15) is 0 Å². The van der Waals surface area contributed by atoms with Crippen molar-refractivity contribution in [1.29, 1.82) is 0 Å². The van der Waals surface area contributed by atoms with Crippen molar-refractivity contribution in [1.82, 2.24) is 9.80 Å². The molecule has 1 fully saturated rings. The highest BCUT2D eigenvalue weighted by molar-refractivity contribution is 5.89. The van der Waals surface area contributed by atoms with E-state index in [2.05, 4.69) is 30.8 Å². The van der Waals surface area contributed by atoms with Crippen molar-refractivity contribution < 1.29 is 14.3 Å². The second-order valence-corrected chi connectivity index (χ2v) is 6.88. The first-order valence-corrected chi connectivity index (χ1v) is 9.46. The summed E-state index contributed by atoms with van der Waals surface area (Å²) in [4.78, 5) is 29.0. The van der Waals surface area contributed by atoms with Crippen LogP contribution in [0.5, 0.6) is 0 Å². The van der Waals surface area contributed by atoms with Gasteiger partial charge in [0.1, 0.15) is 12.6 Å². The van der Waals surface area contributed by atoms with Crippen LogP contribution in [-0.4, -0.2) is 61.0 Å². The molecule has 0 N–H and O–H groups in total. The Bertz CT molecular complexity index is 835. The third-order valence-corrected chi connectivity index (χ3v) is 4.98. The van der Waals surface area contributed by atoms with Crippen LogP contribution in [0, 0.1) is 0 Å². The van der Waals surface area contributed by atoms with Crippen molar-refractivity contribution in [2.75, 3.05) is 33.4 Å². The molecule has 0 saturated carbocycles. The molecule has 1 aliphatic heterocycles. The molecule has 0 spiro atoms. The van der Waals surface area contributed by atoms with Crippen molar-refractivity contribution in [3.63, 3.8) is 0 Å². The molecule has 2 aromatic rings. The Morgan fingerprint density at radius 3 is 2.61 bits per heavy atom. The molecule has 1 aliphatic rings. The lowest BCUT2D eigenvalue weighted by Gasteiger charge is -2.40. The first kappa shape index (κ1) is 19.8. The van der Waals surface area contributed by atoms with Crippen LogP contribution >= 0.6 is 0 Å². The van der Waals surface area contributed by atoms with Crippen LogP contribution in [0.1, 0.15) is 5.56 Å². The highest BCUT2D eigenvalue weighted by Crippen LogP contribution is 2.23. The minimum Gasteiger partial charge on any atom is -0.375 e. The summed E-state index contributed by atoms with van der Waals surface area (Å²) in [5.41, 5.74) is 3.24. The van der Waals surface area contributed by atoms with Gasteiger partial charge in [-0.3, -0.25) is 9.59 Å². The molecular weight excluding hydrogens is 352 g/mol. The molecular formula is C23H26N2O3. The lowest BCUT2D eigenvalue weighted by molar-refractivity contribution is -0.152. The standard InChI is InChI=1S/C23H26N2O3/c1-3-12-24-13-14-25(22(26)17-28-2)21(23(24)27)16-18-8-7-11-20(15-18)19-9-5-4-6-10-19/h3-11,15,21H,1,12-14,16-17H2,2H3/t21-/m0/s1. The van der Waals surface area contributed by atoms with E-state index < -0.39 is 6.04 Å². The van der Waals surface area contributed by atoms with Crippen molar-refractivity contribution in [2.45, 2.75) is 12.5 Å². The summed E-state index contributed by atoms with van der Waals surface area (Å²) in [6.45, 7) is 5.23. The second kappa shape index (κ2) is 9.33. The van der Waals surface area contributed by atoms with Gasteiger partial charge in [0.2, 0.25) is 11.8 Å². The minimum atomic E-state index is -0.526. The Kier molecular flexibility index (Phi) is 6.61. The zero-order chi connectivity index (χ0) is 19.9. The number of rotatable bonds is 7. The van der Waals surface area contributed by atoms with E-state index in [1.807, 2.05) is 30.3 Å². The molecule has 0 radical (unpaired) electrons. The van der Waals surface area contributed by atoms with Crippen molar-refractivity contribution in [3.8, 4) is 11.1 Å². The van der Waals surface area contributed by atoms with Gasteiger partial charge in [-0.1, -0.05) is 60.7 Å². The van der Waals surface area contributed by atoms with Crippen LogP contribution in [0.4, 0.5) is 0 Å². The maximum Gasteiger partial charge on any atom is 0.249 e. The number of hydrogen-bond acceptors (Lipinski definition) is 3. The van der Waals surface area contributed by atoms with Gasteiger partial charge in [-0.25, -0.2) is 0 Å². The summed E-state index contributed by atoms with van der Waals surface area (Å²) in [6, 6.07) is 17.7. The fourth-order valence-electron chi connectivity index (χ4n) is 3.61. The van der Waals surface area contributed by atoms with E-state index in [9.17, 15) is 9.59 Å². The zero-order valence-electron chi connectivity index (χ0n) is 16.2. The monoisotopic (exact) mass is 378 g/mol. The molecule has 0 aromatic heterocycles. The Hall–Kier alpha value is -2.92. The predicted octanol–water partition coefficient (Wildman–Crippen LogP) is 2.77. The topological polar surface area (TPSA) is 49.9 Å². The summed E-state index contributed by atoms with van der Waals surface area (Å²) >= 11 is 0. The number of nitrogens with zero attached hydrogens (tertiary/aromatic N) is 2. The average Bonchev–Trinajstić information content (AvgIpc) is 2.72.